The number of allylic oxidation sites excluding steroid dienone is 2. The van der Waals surface area contributed by atoms with Crippen molar-refractivity contribution in [2.75, 3.05) is 18.7 Å². The summed E-state index contributed by atoms with van der Waals surface area (Å²) in [6.07, 6.45) is 3.77. The first kappa shape index (κ1) is 20.7. The summed E-state index contributed by atoms with van der Waals surface area (Å²) in [5.41, 5.74) is 2.87. The smallest absolute Gasteiger partial charge is 0.330 e. The average molecular weight is 371 g/mol. The first-order valence-electron chi connectivity index (χ1n) is 9.13. The minimum atomic E-state index is -0.428. The van der Waals surface area contributed by atoms with Crippen molar-refractivity contribution in [2.45, 2.75) is 47.1 Å². The molecule has 0 unspecified atom stereocenters. The molecule has 0 aliphatic heterocycles. The Kier molecular flexibility index (Phi) is 6.80. The zero-order valence-corrected chi connectivity index (χ0v) is 17.0. The normalized spacial score (nSPS) is 11.5. The number of ether oxygens (including phenoxy) is 1. The van der Waals surface area contributed by atoms with E-state index in [0.717, 1.165) is 16.8 Å². The maximum absolute atomic E-state index is 12.6. The molecule has 0 fully saturated rings. The van der Waals surface area contributed by atoms with Crippen LogP contribution < -0.4 is 16.1 Å². The molecule has 1 heterocycles. The van der Waals surface area contributed by atoms with Gasteiger partial charge in [0.25, 0.3) is 5.56 Å². The highest BCUT2D eigenvalue weighted by Crippen LogP contribution is 2.31. The van der Waals surface area contributed by atoms with Crippen LogP contribution in [0.2, 0.25) is 0 Å². The summed E-state index contributed by atoms with van der Waals surface area (Å²) in [6.45, 7) is 10.4. The molecule has 6 heteroatoms. The van der Waals surface area contributed by atoms with E-state index in [4.69, 9.17) is 4.74 Å². The molecule has 2 rings (SSSR count). The fourth-order valence-corrected chi connectivity index (χ4v) is 3.26. The van der Waals surface area contributed by atoms with E-state index in [9.17, 15) is 9.59 Å². The maximum Gasteiger partial charge on any atom is 0.330 e. The third-order valence-electron chi connectivity index (χ3n) is 4.34. The van der Waals surface area contributed by atoms with Crippen LogP contribution in [0, 0.1) is 13.8 Å². The van der Waals surface area contributed by atoms with Crippen molar-refractivity contribution in [1.29, 1.82) is 0 Å². The summed E-state index contributed by atoms with van der Waals surface area (Å²) in [7, 11) is 1.60. The fourth-order valence-electron chi connectivity index (χ4n) is 3.26. The average Bonchev–Trinajstić information content (AvgIpc) is 2.57. The predicted molar refractivity (Wildman–Crippen MR) is 110 cm³/mol. The van der Waals surface area contributed by atoms with Gasteiger partial charge < -0.3 is 9.64 Å². The van der Waals surface area contributed by atoms with Crippen molar-refractivity contribution < 1.29 is 4.74 Å². The maximum atomic E-state index is 12.6. The number of hydrogen-bond acceptors (Lipinski definition) is 4. The first-order chi connectivity index (χ1) is 12.8. The number of hydrogen-bond donors (Lipinski definition) is 1. The zero-order chi connectivity index (χ0) is 20.1. The largest absolute Gasteiger partial charge is 0.364 e. The third kappa shape index (κ3) is 4.57. The molecule has 1 aromatic heterocycles. The molecule has 0 saturated heterocycles. The summed E-state index contributed by atoms with van der Waals surface area (Å²) in [5, 5.41) is 0. The Morgan fingerprint density at radius 2 is 1.81 bits per heavy atom. The van der Waals surface area contributed by atoms with Gasteiger partial charge in [0.05, 0.1) is 5.56 Å². The molecule has 2 aromatic rings. The van der Waals surface area contributed by atoms with Crippen LogP contribution in [0.4, 0.5) is 11.5 Å². The lowest BCUT2D eigenvalue weighted by Gasteiger charge is -2.30. The molecule has 27 heavy (non-hydrogen) atoms. The molecule has 0 aliphatic rings. The van der Waals surface area contributed by atoms with Crippen molar-refractivity contribution in [1.82, 2.24) is 9.55 Å². The van der Waals surface area contributed by atoms with E-state index >= 15 is 0 Å². The van der Waals surface area contributed by atoms with Crippen LogP contribution in [0.15, 0.2) is 39.9 Å². The lowest BCUT2D eigenvalue weighted by atomic mass is 10.0. The Bertz CT molecular complexity index is 918. The van der Waals surface area contributed by atoms with Crippen LogP contribution in [-0.2, 0) is 11.3 Å². The van der Waals surface area contributed by atoms with Gasteiger partial charge in [-0.25, -0.2) is 4.79 Å². The summed E-state index contributed by atoms with van der Waals surface area (Å²) in [6, 6.07) is 6.14. The SMILES string of the molecule is C/C=C/Cn1c(N(COC)c2cc(C)cc(C)c2)c(C(C)C)c(=O)[nH]c1=O. The molecule has 146 valence electrons. The van der Waals surface area contributed by atoms with Crippen molar-refractivity contribution >= 4 is 11.5 Å². The van der Waals surface area contributed by atoms with Crippen LogP contribution in [0.25, 0.3) is 0 Å². The van der Waals surface area contributed by atoms with Crippen molar-refractivity contribution in [3.63, 3.8) is 0 Å². The van der Waals surface area contributed by atoms with Gasteiger partial charge in [-0.1, -0.05) is 32.1 Å². The molecule has 6 nitrogen and oxygen atoms in total. The number of rotatable bonds is 7. The van der Waals surface area contributed by atoms with Crippen LogP contribution in [0.5, 0.6) is 0 Å². The van der Waals surface area contributed by atoms with Crippen LogP contribution in [0.1, 0.15) is 43.4 Å². The number of benzene rings is 1. The van der Waals surface area contributed by atoms with E-state index in [2.05, 4.69) is 11.1 Å². The van der Waals surface area contributed by atoms with E-state index < -0.39 is 5.69 Å². The fraction of sp³-hybridized carbons (Fsp3) is 0.429. The Labute approximate surface area is 160 Å². The lowest BCUT2D eigenvalue weighted by Crippen LogP contribution is -2.38. The van der Waals surface area contributed by atoms with Gasteiger partial charge in [-0.2, -0.15) is 0 Å². The number of methoxy groups -OCH3 is 1. The standard InChI is InChI=1S/C21H29N3O3/c1-7-8-9-23-20(18(14(2)3)19(25)22-21(23)26)24(13-27-6)17-11-15(4)10-16(5)12-17/h7-8,10-12,14H,9,13H2,1-6H3,(H,22,25,26)/b8-7+. The third-order valence-corrected chi connectivity index (χ3v) is 4.34. The highest BCUT2D eigenvalue weighted by molar-refractivity contribution is 5.65. The Morgan fingerprint density at radius 1 is 1.19 bits per heavy atom. The molecule has 0 bridgehead atoms. The Hall–Kier alpha value is -2.60. The molecular formula is C21H29N3O3. The molecule has 0 radical (unpaired) electrons. The monoisotopic (exact) mass is 371 g/mol. The van der Waals surface area contributed by atoms with E-state index in [1.807, 2.05) is 63.8 Å². The molecule has 1 N–H and O–H groups in total. The Morgan fingerprint density at radius 3 is 2.33 bits per heavy atom. The van der Waals surface area contributed by atoms with Gasteiger partial charge in [0.2, 0.25) is 0 Å². The number of aromatic nitrogens is 2. The molecule has 0 spiro atoms. The quantitative estimate of drug-likeness (QED) is 0.596. The van der Waals surface area contributed by atoms with Gasteiger partial charge in [-0.15, -0.1) is 0 Å². The topological polar surface area (TPSA) is 67.3 Å². The Balaban J connectivity index is 2.87. The molecule has 1 aromatic carbocycles. The van der Waals surface area contributed by atoms with E-state index in [-0.39, 0.29) is 18.2 Å². The van der Waals surface area contributed by atoms with Gasteiger partial charge in [-0.05, 0) is 49.9 Å². The number of H-pyrrole nitrogens is 1. The highest BCUT2D eigenvalue weighted by atomic mass is 16.5. The lowest BCUT2D eigenvalue weighted by molar-refractivity contribution is 0.204. The summed E-state index contributed by atoms with van der Waals surface area (Å²) < 4.78 is 7.04. The van der Waals surface area contributed by atoms with Gasteiger partial charge in [-0.3, -0.25) is 14.3 Å². The van der Waals surface area contributed by atoms with Gasteiger partial charge >= 0.3 is 5.69 Å². The summed E-state index contributed by atoms with van der Waals surface area (Å²) in [5.74, 6) is 0.509. The second-order valence-electron chi connectivity index (χ2n) is 7.02. The number of aryl methyl sites for hydroxylation is 2. The number of aromatic amines is 1. The minimum absolute atomic E-state index is 0.0635. The molecule has 0 amide bonds. The van der Waals surface area contributed by atoms with Gasteiger partial charge in [0, 0.05) is 19.3 Å². The molecule has 0 aliphatic carbocycles. The van der Waals surface area contributed by atoms with Gasteiger partial charge in [0.1, 0.15) is 12.5 Å². The van der Waals surface area contributed by atoms with Crippen molar-refractivity contribution in [2.24, 2.45) is 0 Å². The second-order valence-corrected chi connectivity index (χ2v) is 7.02. The van der Waals surface area contributed by atoms with Crippen LogP contribution >= 0.6 is 0 Å². The van der Waals surface area contributed by atoms with Crippen LogP contribution in [-0.4, -0.2) is 23.4 Å². The van der Waals surface area contributed by atoms with Crippen LogP contribution in [0.3, 0.4) is 0 Å². The van der Waals surface area contributed by atoms with E-state index in [1.165, 1.54) is 0 Å². The summed E-state index contributed by atoms with van der Waals surface area (Å²) in [4.78, 5) is 29.6. The second kappa shape index (κ2) is 8.86. The number of nitrogens with zero attached hydrogens (tertiary/aromatic N) is 2. The predicted octanol–water partition coefficient (Wildman–Crippen LogP) is 3.59. The number of anilines is 2. The van der Waals surface area contributed by atoms with Crippen molar-refractivity contribution in [3.8, 4) is 0 Å². The molecule has 0 saturated carbocycles. The minimum Gasteiger partial charge on any atom is -0.364 e. The number of nitrogens with one attached hydrogen (secondary N) is 1. The first-order valence-corrected chi connectivity index (χ1v) is 9.13. The molecule has 0 atom stereocenters. The van der Waals surface area contributed by atoms with E-state index in [0.29, 0.717) is 17.9 Å². The highest BCUT2D eigenvalue weighted by Gasteiger charge is 2.24. The van der Waals surface area contributed by atoms with Crippen molar-refractivity contribution in [3.05, 3.63) is 67.9 Å². The zero-order valence-electron chi connectivity index (χ0n) is 17.0. The summed E-state index contributed by atoms with van der Waals surface area (Å²) >= 11 is 0. The van der Waals surface area contributed by atoms with Gasteiger partial charge in [0.15, 0.2) is 0 Å². The molecular weight excluding hydrogens is 342 g/mol. The van der Waals surface area contributed by atoms with E-state index in [1.54, 1.807) is 11.7 Å².